The van der Waals surface area contributed by atoms with Crippen LogP contribution in [0.3, 0.4) is 0 Å². The second kappa shape index (κ2) is 15.7. The number of hydrogen-bond acceptors (Lipinski definition) is 5. The summed E-state index contributed by atoms with van der Waals surface area (Å²) < 4.78 is 5.85. The van der Waals surface area contributed by atoms with E-state index in [2.05, 4.69) is 45.2 Å². The average Bonchev–Trinajstić information content (AvgIpc) is 3.54. The molecule has 0 bridgehead atoms. The van der Waals surface area contributed by atoms with E-state index in [-0.39, 0.29) is 29.5 Å². The zero-order valence-electron chi connectivity index (χ0n) is 25.7. The molecule has 4 aromatic rings. The maximum atomic E-state index is 14.1. The molecular formula is C36H42N6O3. The van der Waals surface area contributed by atoms with E-state index in [0.717, 1.165) is 12.0 Å². The lowest BCUT2D eigenvalue weighted by Gasteiger charge is -2.29. The number of hydrogen-bond donors (Lipinski definition) is 4. The Morgan fingerprint density at radius 2 is 1.60 bits per heavy atom. The molecule has 1 aliphatic rings. The van der Waals surface area contributed by atoms with Crippen molar-refractivity contribution in [2.75, 3.05) is 33.2 Å². The fourth-order valence-corrected chi connectivity index (χ4v) is 5.75. The highest BCUT2D eigenvalue weighted by atomic mass is 16.3. The molecule has 234 valence electrons. The summed E-state index contributed by atoms with van der Waals surface area (Å²) in [4.78, 5) is 33.0. The quantitative estimate of drug-likeness (QED) is 0.108. The molecule has 0 saturated carbocycles. The van der Waals surface area contributed by atoms with Gasteiger partial charge in [-0.05, 0) is 42.5 Å². The molecule has 1 fully saturated rings. The number of rotatable bonds is 12. The van der Waals surface area contributed by atoms with Crippen molar-refractivity contribution >= 4 is 17.8 Å². The van der Waals surface area contributed by atoms with E-state index in [1.807, 2.05) is 71.6 Å². The number of carbonyl (C=O) groups is 2. The lowest BCUT2D eigenvalue weighted by atomic mass is 9.90. The van der Waals surface area contributed by atoms with E-state index < -0.39 is 6.04 Å². The van der Waals surface area contributed by atoms with Gasteiger partial charge in [0.15, 0.2) is 11.7 Å². The summed E-state index contributed by atoms with van der Waals surface area (Å²) in [5, 5.41) is 9.67. The van der Waals surface area contributed by atoms with Gasteiger partial charge in [-0.2, -0.15) is 0 Å². The first-order valence-corrected chi connectivity index (χ1v) is 15.6. The molecule has 1 saturated heterocycles. The minimum Gasteiger partial charge on any atom is -0.451 e. The van der Waals surface area contributed by atoms with Gasteiger partial charge in [-0.15, -0.1) is 0 Å². The van der Waals surface area contributed by atoms with Crippen molar-refractivity contribution in [3.8, 4) is 11.3 Å². The van der Waals surface area contributed by atoms with E-state index in [9.17, 15) is 9.59 Å². The molecule has 3 aromatic carbocycles. The number of furan rings is 1. The second-order valence-corrected chi connectivity index (χ2v) is 11.3. The molecule has 9 nitrogen and oxygen atoms in total. The number of amides is 2. The van der Waals surface area contributed by atoms with Gasteiger partial charge < -0.3 is 31.0 Å². The van der Waals surface area contributed by atoms with Gasteiger partial charge >= 0.3 is 0 Å². The van der Waals surface area contributed by atoms with Crippen LogP contribution in [0.1, 0.15) is 46.9 Å². The monoisotopic (exact) mass is 606 g/mol. The summed E-state index contributed by atoms with van der Waals surface area (Å²) in [6.45, 7) is 2.11. The lowest BCUT2D eigenvalue weighted by molar-refractivity contribution is -0.133. The third-order valence-corrected chi connectivity index (χ3v) is 8.21. The highest BCUT2D eigenvalue weighted by Gasteiger charge is 2.32. The third-order valence-electron chi connectivity index (χ3n) is 8.21. The summed E-state index contributed by atoms with van der Waals surface area (Å²) in [7, 11) is 1.64. The topological polar surface area (TPSA) is 125 Å². The van der Waals surface area contributed by atoms with Gasteiger partial charge in [0.2, 0.25) is 5.91 Å². The number of carbonyl (C=O) groups excluding carboxylic acids is 2. The maximum Gasteiger partial charge on any atom is 0.287 e. The van der Waals surface area contributed by atoms with E-state index in [4.69, 9.17) is 10.2 Å². The summed E-state index contributed by atoms with van der Waals surface area (Å²) in [6.07, 6.45) is 2.03. The van der Waals surface area contributed by atoms with Gasteiger partial charge in [-0.25, -0.2) is 0 Å². The van der Waals surface area contributed by atoms with Gasteiger partial charge in [0.25, 0.3) is 5.91 Å². The van der Waals surface area contributed by atoms with Crippen LogP contribution in [0.15, 0.2) is 113 Å². The molecule has 5 N–H and O–H groups in total. The Balaban J connectivity index is 1.28. The van der Waals surface area contributed by atoms with Crippen molar-refractivity contribution in [3.63, 3.8) is 0 Å². The van der Waals surface area contributed by atoms with Crippen LogP contribution in [0.4, 0.5) is 0 Å². The minimum atomic E-state index is -0.406. The Morgan fingerprint density at radius 3 is 2.24 bits per heavy atom. The fraction of sp³-hybridized carbons (Fsp3) is 0.306. The van der Waals surface area contributed by atoms with Crippen molar-refractivity contribution < 1.29 is 14.0 Å². The van der Waals surface area contributed by atoms with E-state index >= 15 is 0 Å². The van der Waals surface area contributed by atoms with Gasteiger partial charge in [-0.1, -0.05) is 91.0 Å². The Kier molecular flexibility index (Phi) is 11.0. The summed E-state index contributed by atoms with van der Waals surface area (Å²) >= 11 is 0. The van der Waals surface area contributed by atoms with Crippen LogP contribution in [-0.4, -0.2) is 68.0 Å². The molecule has 45 heavy (non-hydrogen) atoms. The normalized spacial score (nSPS) is 17.2. The number of guanidine groups is 1. The molecule has 1 aliphatic heterocycles. The number of nitrogens with zero attached hydrogens (tertiary/aromatic N) is 2. The van der Waals surface area contributed by atoms with Crippen LogP contribution in [-0.2, 0) is 4.79 Å². The van der Waals surface area contributed by atoms with Crippen molar-refractivity contribution in [2.24, 2.45) is 10.7 Å². The SMILES string of the molecule is CN=C(N)NCCCC1NC(CNC(=O)c2ccc(-c3ccccc3)o2)CCN(CC(c2ccccc2)c2ccccc2)C1=O. The molecule has 2 atom stereocenters. The number of aliphatic imine (C=N–C) groups is 1. The standard InChI is InChI=1S/C36H42N6O3/c1-38-36(37)39-22-11-18-31-35(44)42(25-30(26-12-5-2-6-13-26)27-14-7-3-8-15-27)23-21-29(41-31)24-40-34(43)33-20-19-32(45-33)28-16-9-4-10-17-28/h2-10,12-17,19-20,29-31,41H,11,18,21-25H2,1H3,(H,40,43)(H3,37,38,39). The first-order chi connectivity index (χ1) is 22.0. The van der Waals surface area contributed by atoms with Crippen molar-refractivity contribution in [3.05, 3.63) is 120 Å². The minimum absolute atomic E-state index is 0.0354. The average molecular weight is 607 g/mol. The fourth-order valence-electron chi connectivity index (χ4n) is 5.75. The van der Waals surface area contributed by atoms with Crippen LogP contribution < -0.4 is 21.7 Å². The third kappa shape index (κ3) is 8.61. The molecule has 2 amide bonds. The van der Waals surface area contributed by atoms with Gasteiger partial charge in [-0.3, -0.25) is 14.6 Å². The molecule has 9 heteroatoms. The smallest absolute Gasteiger partial charge is 0.287 e. The zero-order chi connectivity index (χ0) is 31.4. The van der Waals surface area contributed by atoms with Crippen molar-refractivity contribution in [1.29, 1.82) is 0 Å². The Labute approximate surface area is 264 Å². The van der Waals surface area contributed by atoms with Crippen molar-refractivity contribution in [2.45, 2.75) is 37.3 Å². The number of nitrogens with two attached hydrogens (primary N) is 1. The Hall–Kier alpha value is -4.89. The summed E-state index contributed by atoms with van der Waals surface area (Å²) in [6, 6.07) is 33.4. The van der Waals surface area contributed by atoms with Crippen LogP contribution in [0.5, 0.6) is 0 Å². The number of benzene rings is 3. The predicted octanol–water partition coefficient (Wildman–Crippen LogP) is 4.38. The van der Waals surface area contributed by atoms with Crippen LogP contribution in [0, 0.1) is 0 Å². The lowest BCUT2D eigenvalue weighted by Crippen LogP contribution is -2.49. The van der Waals surface area contributed by atoms with Gasteiger partial charge in [0, 0.05) is 50.7 Å². The predicted molar refractivity (Wildman–Crippen MR) is 178 cm³/mol. The Morgan fingerprint density at radius 1 is 0.956 bits per heavy atom. The largest absolute Gasteiger partial charge is 0.451 e. The van der Waals surface area contributed by atoms with E-state index in [1.165, 1.54) is 11.1 Å². The number of nitrogens with one attached hydrogen (secondary N) is 3. The molecule has 0 spiro atoms. The van der Waals surface area contributed by atoms with Gasteiger partial charge in [0.05, 0.1) is 6.04 Å². The van der Waals surface area contributed by atoms with Gasteiger partial charge in [0.1, 0.15) is 5.76 Å². The Bertz CT molecular complexity index is 1500. The highest BCUT2D eigenvalue weighted by molar-refractivity contribution is 5.92. The zero-order valence-corrected chi connectivity index (χ0v) is 25.7. The summed E-state index contributed by atoms with van der Waals surface area (Å²) in [5.41, 5.74) is 9.05. The van der Waals surface area contributed by atoms with Crippen LogP contribution >= 0.6 is 0 Å². The highest BCUT2D eigenvalue weighted by Crippen LogP contribution is 2.27. The molecule has 2 heterocycles. The molecular weight excluding hydrogens is 564 g/mol. The van der Waals surface area contributed by atoms with E-state index in [0.29, 0.717) is 50.7 Å². The van der Waals surface area contributed by atoms with Crippen molar-refractivity contribution in [1.82, 2.24) is 20.9 Å². The molecule has 0 aliphatic carbocycles. The second-order valence-electron chi connectivity index (χ2n) is 11.3. The first kappa shape index (κ1) is 31.5. The molecule has 1 aromatic heterocycles. The first-order valence-electron chi connectivity index (χ1n) is 15.6. The molecule has 2 unspecified atom stereocenters. The molecule has 5 rings (SSSR count). The van der Waals surface area contributed by atoms with Crippen LogP contribution in [0.2, 0.25) is 0 Å². The molecule has 0 radical (unpaired) electrons. The maximum absolute atomic E-state index is 14.1. The summed E-state index contributed by atoms with van der Waals surface area (Å²) in [5.74, 6) is 1.09. The van der Waals surface area contributed by atoms with Crippen LogP contribution in [0.25, 0.3) is 11.3 Å². The van der Waals surface area contributed by atoms with E-state index in [1.54, 1.807) is 19.2 Å².